The highest BCUT2D eigenvalue weighted by Gasteiger charge is 2.21. The third-order valence-corrected chi connectivity index (χ3v) is 5.44. The molecule has 3 nitrogen and oxygen atoms in total. The zero-order valence-corrected chi connectivity index (χ0v) is 20.4. The van der Waals surface area contributed by atoms with Gasteiger partial charge in [0.25, 0.3) is 0 Å². The van der Waals surface area contributed by atoms with Crippen LogP contribution in [-0.4, -0.2) is 25.3 Å². The molecule has 1 aliphatic carbocycles. The Kier molecular flexibility index (Phi) is 18.9. The number of allylic oxidation sites excluding steroid dienone is 6. The first-order valence-electron chi connectivity index (χ1n) is 12.3. The summed E-state index contributed by atoms with van der Waals surface area (Å²) in [4.78, 5) is 0. The van der Waals surface area contributed by atoms with Crippen LogP contribution in [0.5, 0.6) is 0 Å². The van der Waals surface area contributed by atoms with Gasteiger partial charge in [0.2, 0.25) is 0 Å². The quantitative estimate of drug-likeness (QED) is 0.275. The molecule has 0 aromatic heterocycles. The molecule has 0 aromatic carbocycles. The molecule has 0 aromatic rings. The van der Waals surface area contributed by atoms with Gasteiger partial charge in [0.15, 0.2) is 0 Å². The summed E-state index contributed by atoms with van der Waals surface area (Å²) >= 11 is 0. The minimum Gasteiger partial charge on any atom is -0.397 e. The second-order valence-electron chi connectivity index (χ2n) is 7.88. The topological polar surface area (TPSA) is 50.1 Å². The summed E-state index contributed by atoms with van der Waals surface area (Å²) in [7, 11) is 0. The van der Waals surface area contributed by atoms with Crippen LogP contribution in [0.4, 0.5) is 4.39 Å². The second kappa shape index (κ2) is 20.1. The number of alkyl halides is 1. The van der Waals surface area contributed by atoms with Gasteiger partial charge < -0.3 is 16.4 Å². The van der Waals surface area contributed by atoms with Crippen LogP contribution in [0.3, 0.4) is 0 Å². The molecule has 1 aliphatic heterocycles. The number of hydrogen-bond donors (Lipinski definition) is 3. The zero-order valence-electron chi connectivity index (χ0n) is 20.4. The molecule has 0 spiro atoms. The largest absolute Gasteiger partial charge is 0.397 e. The highest BCUT2D eigenvalue weighted by molar-refractivity contribution is 5.32. The van der Waals surface area contributed by atoms with Crippen molar-refractivity contribution in [2.75, 3.05) is 13.2 Å². The van der Waals surface area contributed by atoms with Gasteiger partial charge in [-0.05, 0) is 70.1 Å². The van der Waals surface area contributed by atoms with Crippen LogP contribution in [0.15, 0.2) is 60.5 Å². The third-order valence-electron chi connectivity index (χ3n) is 5.44. The lowest BCUT2D eigenvalue weighted by Crippen LogP contribution is -2.46. The highest BCUT2D eigenvalue weighted by atomic mass is 19.1. The van der Waals surface area contributed by atoms with Crippen molar-refractivity contribution in [1.29, 1.82) is 0 Å². The summed E-state index contributed by atoms with van der Waals surface area (Å²) in [5, 5.41) is 7.11. The van der Waals surface area contributed by atoms with Gasteiger partial charge in [-0.1, -0.05) is 70.6 Å². The van der Waals surface area contributed by atoms with Gasteiger partial charge in [-0.15, -0.1) is 0 Å². The van der Waals surface area contributed by atoms with E-state index in [9.17, 15) is 4.39 Å². The first-order valence-corrected chi connectivity index (χ1v) is 12.3. The molecule has 0 bridgehead atoms. The lowest BCUT2D eigenvalue weighted by Gasteiger charge is -2.32. The van der Waals surface area contributed by atoms with Crippen LogP contribution in [0.25, 0.3) is 0 Å². The summed E-state index contributed by atoms with van der Waals surface area (Å²) in [5.74, 6) is 0. The number of nitrogens with two attached hydrogens (primary N) is 1. The Bertz CT molecular complexity index is 561. The molecule has 2 unspecified atom stereocenters. The number of halogens is 1. The predicted octanol–water partition coefficient (Wildman–Crippen LogP) is 6.86. The van der Waals surface area contributed by atoms with Crippen LogP contribution < -0.4 is 16.4 Å². The molecule has 0 radical (unpaired) electrons. The third kappa shape index (κ3) is 14.0. The van der Waals surface area contributed by atoms with Gasteiger partial charge in [-0.3, -0.25) is 4.39 Å². The SMILES string of the molecule is C=C/C=C(N)\C(=C/C=C)NC1CCNC(CCC)C1.CC.FCCC1=CCCCCC1. The van der Waals surface area contributed by atoms with Crippen molar-refractivity contribution >= 4 is 0 Å². The maximum Gasteiger partial charge on any atom is 0.0931 e. The maximum absolute atomic E-state index is 11.9. The molecule has 31 heavy (non-hydrogen) atoms. The summed E-state index contributed by atoms with van der Waals surface area (Å²) in [6.07, 6.45) is 21.0. The lowest BCUT2D eigenvalue weighted by atomic mass is 9.96. The molecule has 1 heterocycles. The van der Waals surface area contributed by atoms with E-state index < -0.39 is 0 Å². The zero-order chi connectivity index (χ0) is 23.3. The first kappa shape index (κ1) is 29.2. The Morgan fingerprint density at radius 3 is 2.61 bits per heavy atom. The smallest absolute Gasteiger partial charge is 0.0931 e. The van der Waals surface area contributed by atoms with Crippen molar-refractivity contribution in [3.05, 3.63) is 60.5 Å². The average molecular weight is 434 g/mol. The standard InChI is InChI=1S/C16H27N3.C9H15F.C2H6/c1-4-7-13-12-14(10-11-18-13)19-16(9-6-3)15(17)8-5-2;10-8-7-9-5-3-1-2-4-6-9;1-2/h5-6,8-9,13-14,18-19H,2-4,7,10-12,17H2,1H3;5H,1-4,6-8H2;1-2H3/b15-8+,16-9+;;. The molecule has 178 valence electrons. The normalized spacial score (nSPS) is 21.9. The molecular formula is C27H48FN3. The summed E-state index contributed by atoms with van der Waals surface area (Å²) < 4.78 is 11.9. The van der Waals surface area contributed by atoms with Crippen molar-refractivity contribution < 1.29 is 4.39 Å². The van der Waals surface area contributed by atoms with E-state index in [2.05, 4.69) is 36.8 Å². The molecule has 0 saturated carbocycles. The maximum atomic E-state index is 11.9. The second-order valence-corrected chi connectivity index (χ2v) is 7.88. The van der Waals surface area contributed by atoms with E-state index in [1.807, 2.05) is 26.0 Å². The van der Waals surface area contributed by atoms with Crippen LogP contribution in [0.1, 0.15) is 85.0 Å². The van der Waals surface area contributed by atoms with E-state index in [1.54, 1.807) is 12.2 Å². The van der Waals surface area contributed by atoms with Gasteiger partial charge in [-0.25, -0.2) is 0 Å². The van der Waals surface area contributed by atoms with Crippen LogP contribution in [0.2, 0.25) is 0 Å². The van der Waals surface area contributed by atoms with Crippen molar-refractivity contribution in [1.82, 2.24) is 10.6 Å². The molecule has 2 aliphatic rings. The lowest BCUT2D eigenvalue weighted by molar-refractivity contribution is 0.320. The Morgan fingerprint density at radius 1 is 1.23 bits per heavy atom. The summed E-state index contributed by atoms with van der Waals surface area (Å²) in [6.45, 7) is 14.5. The van der Waals surface area contributed by atoms with Crippen molar-refractivity contribution in [3.8, 4) is 0 Å². The minimum absolute atomic E-state index is 0.175. The molecule has 0 amide bonds. The van der Waals surface area contributed by atoms with Crippen molar-refractivity contribution in [2.24, 2.45) is 5.73 Å². The van der Waals surface area contributed by atoms with E-state index >= 15 is 0 Å². The molecule has 4 N–H and O–H groups in total. The molecule has 1 fully saturated rings. The van der Waals surface area contributed by atoms with Crippen LogP contribution >= 0.6 is 0 Å². The molecule has 1 saturated heterocycles. The van der Waals surface area contributed by atoms with E-state index in [1.165, 1.54) is 44.1 Å². The molecule has 4 heteroatoms. The fraction of sp³-hybridized carbons (Fsp3) is 0.630. The van der Waals surface area contributed by atoms with Gasteiger partial charge in [0.1, 0.15) is 0 Å². The Balaban J connectivity index is 0.000000628. The Labute approximate surface area is 191 Å². The van der Waals surface area contributed by atoms with Crippen molar-refractivity contribution in [3.63, 3.8) is 0 Å². The van der Waals surface area contributed by atoms with Gasteiger partial charge in [0, 0.05) is 12.1 Å². The van der Waals surface area contributed by atoms with E-state index in [0.717, 1.165) is 31.5 Å². The molecule has 2 atom stereocenters. The van der Waals surface area contributed by atoms with Crippen LogP contribution in [0, 0.1) is 0 Å². The van der Waals surface area contributed by atoms with E-state index in [-0.39, 0.29) is 6.67 Å². The van der Waals surface area contributed by atoms with Gasteiger partial charge >= 0.3 is 0 Å². The summed E-state index contributed by atoms with van der Waals surface area (Å²) in [5.41, 5.74) is 9.02. The van der Waals surface area contributed by atoms with E-state index in [4.69, 9.17) is 5.73 Å². The average Bonchev–Trinajstić information content (AvgIpc) is 3.05. The Morgan fingerprint density at radius 2 is 1.97 bits per heavy atom. The highest BCUT2D eigenvalue weighted by Crippen LogP contribution is 2.19. The van der Waals surface area contributed by atoms with E-state index in [0.29, 0.717) is 24.2 Å². The number of hydrogen-bond acceptors (Lipinski definition) is 3. The monoisotopic (exact) mass is 433 g/mol. The first-order chi connectivity index (χ1) is 15.1. The number of nitrogens with one attached hydrogen (secondary N) is 2. The predicted molar refractivity (Wildman–Crippen MR) is 137 cm³/mol. The van der Waals surface area contributed by atoms with Gasteiger partial charge in [0.05, 0.1) is 18.1 Å². The number of rotatable bonds is 9. The molecular weight excluding hydrogens is 385 g/mol. The van der Waals surface area contributed by atoms with Crippen LogP contribution in [-0.2, 0) is 0 Å². The molecule has 2 rings (SSSR count). The number of piperidine rings is 1. The fourth-order valence-electron chi connectivity index (χ4n) is 3.92. The fourth-order valence-corrected chi connectivity index (χ4v) is 3.92. The minimum atomic E-state index is -0.175. The Hall–Kier alpha value is -1.81. The summed E-state index contributed by atoms with van der Waals surface area (Å²) in [6, 6.07) is 1.09. The van der Waals surface area contributed by atoms with Gasteiger partial charge in [-0.2, -0.15) is 0 Å². The van der Waals surface area contributed by atoms with Crippen molar-refractivity contribution in [2.45, 2.75) is 97.1 Å².